The van der Waals surface area contributed by atoms with Crippen LogP contribution in [0.3, 0.4) is 0 Å². The van der Waals surface area contributed by atoms with Crippen molar-refractivity contribution in [2.45, 2.75) is 62.4 Å². The van der Waals surface area contributed by atoms with E-state index in [1.165, 1.54) is 0 Å². The number of piperidine rings is 1. The van der Waals surface area contributed by atoms with E-state index < -0.39 is 33.5 Å². The summed E-state index contributed by atoms with van der Waals surface area (Å²) in [4.78, 5) is 14.6. The van der Waals surface area contributed by atoms with Crippen molar-refractivity contribution in [1.82, 2.24) is 14.5 Å². The van der Waals surface area contributed by atoms with E-state index >= 15 is 0 Å². The minimum Gasteiger partial charge on any atom is -0.352 e. The number of hydrogen-bond acceptors (Lipinski definition) is 4. The van der Waals surface area contributed by atoms with Crippen LogP contribution in [0.4, 0.5) is 17.6 Å². The number of benzene rings is 1. The van der Waals surface area contributed by atoms with Gasteiger partial charge >= 0.3 is 6.18 Å². The minimum atomic E-state index is -4.73. The molecule has 1 aromatic rings. The lowest BCUT2D eigenvalue weighted by atomic mass is 9.96. The Hall–Kier alpha value is -1.72. The zero-order valence-corrected chi connectivity index (χ0v) is 19.8. The molecule has 3 fully saturated rings. The number of alkyl halides is 3. The molecule has 0 unspecified atom stereocenters. The molecule has 2 heterocycles. The van der Waals surface area contributed by atoms with Crippen LogP contribution >= 0.6 is 0 Å². The maximum absolute atomic E-state index is 13.6. The van der Waals surface area contributed by atoms with Gasteiger partial charge in [-0.3, -0.25) is 4.79 Å². The molecule has 0 bridgehead atoms. The van der Waals surface area contributed by atoms with E-state index in [2.05, 4.69) is 10.2 Å². The Labute approximate surface area is 197 Å². The van der Waals surface area contributed by atoms with Gasteiger partial charge in [-0.1, -0.05) is 6.42 Å². The molecule has 11 heteroatoms. The molecule has 190 valence electrons. The number of nitrogens with zero attached hydrogens (tertiary/aromatic N) is 2. The van der Waals surface area contributed by atoms with Gasteiger partial charge in [-0.05, 0) is 75.7 Å². The largest absolute Gasteiger partial charge is 0.416 e. The average Bonchev–Trinajstić information content (AvgIpc) is 3.19. The standard InChI is InChI=1S/C23H31F4N3O3S/c24-19-12-17(11-18(13-19)23(25,26)27)22(31)28-14-16-6-9-29(10-7-16)15-20-3-2-8-30(20)34(32,33)21-4-1-5-21/h11-13,16,20-21H,1-10,14-15H2,(H,28,31)/t20-/m0/s1. The lowest BCUT2D eigenvalue weighted by molar-refractivity contribution is -0.137. The molecule has 3 aliphatic rings. The number of carbonyl (C=O) groups excluding carboxylic acids is 1. The van der Waals surface area contributed by atoms with Gasteiger partial charge in [0.05, 0.1) is 10.8 Å². The Bertz CT molecular complexity index is 990. The maximum atomic E-state index is 13.6. The van der Waals surface area contributed by atoms with Crippen molar-refractivity contribution in [1.29, 1.82) is 0 Å². The normalized spacial score (nSPS) is 23.7. The second-order valence-electron chi connectivity index (χ2n) is 9.68. The van der Waals surface area contributed by atoms with Crippen LogP contribution in [0.25, 0.3) is 0 Å². The number of halogens is 4. The molecular weight excluding hydrogens is 474 g/mol. The first kappa shape index (κ1) is 25.4. The number of nitrogens with one attached hydrogen (secondary N) is 1. The molecule has 1 N–H and O–H groups in total. The van der Waals surface area contributed by atoms with Crippen molar-refractivity contribution in [3.63, 3.8) is 0 Å². The summed E-state index contributed by atoms with van der Waals surface area (Å²) in [6, 6.07) is 1.84. The Balaban J connectivity index is 1.25. The zero-order chi connectivity index (χ0) is 24.5. The molecule has 0 aromatic heterocycles. The Morgan fingerprint density at radius 3 is 2.32 bits per heavy atom. The molecule has 1 saturated carbocycles. The number of amides is 1. The van der Waals surface area contributed by atoms with Crippen LogP contribution in [0.15, 0.2) is 18.2 Å². The fourth-order valence-electron chi connectivity index (χ4n) is 5.08. The van der Waals surface area contributed by atoms with Crippen LogP contribution in [0.2, 0.25) is 0 Å². The van der Waals surface area contributed by atoms with Gasteiger partial charge in [-0.15, -0.1) is 0 Å². The number of rotatable bonds is 7. The summed E-state index contributed by atoms with van der Waals surface area (Å²) in [5, 5.41) is 2.42. The molecule has 0 radical (unpaired) electrons. The van der Waals surface area contributed by atoms with E-state index in [-0.39, 0.29) is 22.8 Å². The zero-order valence-electron chi connectivity index (χ0n) is 19.0. The lowest BCUT2D eigenvalue weighted by Gasteiger charge is -2.37. The summed E-state index contributed by atoms with van der Waals surface area (Å²) in [6.45, 7) is 3.14. The van der Waals surface area contributed by atoms with Gasteiger partial charge in [0, 0.05) is 31.2 Å². The fourth-order valence-corrected chi connectivity index (χ4v) is 7.36. The highest BCUT2D eigenvalue weighted by atomic mass is 32.2. The molecule has 1 aliphatic carbocycles. The number of carbonyl (C=O) groups is 1. The van der Waals surface area contributed by atoms with Crippen LogP contribution in [-0.2, 0) is 16.2 Å². The molecule has 34 heavy (non-hydrogen) atoms. The van der Waals surface area contributed by atoms with Gasteiger partial charge in [0.15, 0.2) is 0 Å². The first-order chi connectivity index (χ1) is 16.0. The van der Waals surface area contributed by atoms with Crippen LogP contribution < -0.4 is 5.32 Å². The number of likely N-dealkylation sites (tertiary alicyclic amines) is 1. The van der Waals surface area contributed by atoms with Crippen molar-refractivity contribution in [2.24, 2.45) is 5.92 Å². The topological polar surface area (TPSA) is 69.7 Å². The van der Waals surface area contributed by atoms with Crippen molar-refractivity contribution < 1.29 is 30.8 Å². The van der Waals surface area contributed by atoms with Crippen LogP contribution in [0.5, 0.6) is 0 Å². The van der Waals surface area contributed by atoms with E-state index in [1.807, 2.05) is 0 Å². The summed E-state index contributed by atoms with van der Waals surface area (Å²) in [5.41, 5.74) is -1.54. The molecule has 1 amide bonds. The Kier molecular flexibility index (Phi) is 7.54. The van der Waals surface area contributed by atoms with Gasteiger partial charge in [-0.2, -0.15) is 17.5 Å². The molecular formula is C23H31F4N3O3S. The average molecular weight is 506 g/mol. The second-order valence-corrected chi connectivity index (χ2v) is 11.9. The third kappa shape index (κ3) is 5.73. The monoisotopic (exact) mass is 505 g/mol. The molecule has 0 spiro atoms. The van der Waals surface area contributed by atoms with Crippen molar-refractivity contribution in [3.8, 4) is 0 Å². The van der Waals surface area contributed by atoms with Crippen molar-refractivity contribution in [3.05, 3.63) is 35.1 Å². The summed E-state index contributed by atoms with van der Waals surface area (Å²) in [6.07, 6.45) is 1.11. The first-order valence-corrected chi connectivity index (χ1v) is 13.4. The van der Waals surface area contributed by atoms with Crippen molar-refractivity contribution >= 4 is 15.9 Å². The SMILES string of the molecule is O=C(NCC1CCN(C[C@@H]2CCCN2S(=O)(=O)C2CCC2)CC1)c1cc(F)cc(C(F)(F)F)c1. The van der Waals surface area contributed by atoms with Crippen LogP contribution in [-0.4, -0.2) is 67.5 Å². The number of sulfonamides is 1. The predicted molar refractivity (Wildman–Crippen MR) is 119 cm³/mol. The van der Waals surface area contributed by atoms with E-state index in [0.29, 0.717) is 31.8 Å². The van der Waals surface area contributed by atoms with Gasteiger partial charge in [-0.25, -0.2) is 12.8 Å². The third-order valence-electron chi connectivity index (χ3n) is 7.34. The summed E-state index contributed by atoms with van der Waals surface area (Å²) in [5.74, 6) is -1.67. The molecule has 2 aliphatic heterocycles. The Morgan fingerprint density at radius 2 is 1.71 bits per heavy atom. The van der Waals surface area contributed by atoms with E-state index in [9.17, 15) is 30.8 Å². The Morgan fingerprint density at radius 1 is 1.00 bits per heavy atom. The van der Waals surface area contributed by atoms with E-state index in [0.717, 1.165) is 64.1 Å². The smallest absolute Gasteiger partial charge is 0.352 e. The molecule has 2 saturated heterocycles. The summed E-state index contributed by atoms with van der Waals surface area (Å²) in [7, 11) is -3.21. The van der Waals surface area contributed by atoms with Gasteiger partial charge in [0.1, 0.15) is 5.82 Å². The molecule has 6 nitrogen and oxygen atoms in total. The third-order valence-corrected chi connectivity index (χ3v) is 9.79. The van der Waals surface area contributed by atoms with Crippen molar-refractivity contribution in [2.75, 3.05) is 32.7 Å². The molecule has 1 aromatic carbocycles. The first-order valence-electron chi connectivity index (χ1n) is 11.9. The quantitative estimate of drug-likeness (QED) is 0.575. The predicted octanol–water partition coefficient (Wildman–Crippen LogP) is 3.63. The van der Waals surface area contributed by atoms with E-state index in [4.69, 9.17) is 0 Å². The molecule has 4 rings (SSSR count). The highest BCUT2D eigenvalue weighted by Crippen LogP contribution is 2.33. The second kappa shape index (κ2) is 10.1. The maximum Gasteiger partial charge on any atom is 0.416 e. The fraction of sp³-hybridized carbons (Fsp3) is 0.696. The van der Waals surface area contributed by atoms with Gasteiger partial charge < -0.3 is 10.2 Å². The minimum absolute atomic E-state index is 0.0117. The number of hydrogen-bond donors (Lipinski definition) is 1. The lowest BCUT2D eigenvalue weighted by Crippen LogP contribution is -2.49. The summed E-state index contributed by atoms with van der Waals surface area (Å²) < 4.78 is 79.7. The van der Waals surface area contributed by atoms with Crippen LogP contribution in [0, 0.1) is 11.7 Å². The summed E-state index contributed by atoms with van der Waals surface area (Å²) >= 11 is 0. The van der Waals surface area contributed by atoms with Gasteiger partial charge in [0.25, 0.3) is 5.91 Å². The highest BCUT2D eigenvalue weighted by molar-refractivity contribution is 7.89. The molecule has 1 atom stereocenters. The van der Waals surface area contributed by atoms with Gasteiger partial charge in [0.2, 0.25) is 10.0 Å². The highest BCUT2D eigenvalue weighted by Gasteiger charge is 2.42. The van der Waals surface area contributed by atoms with E-state index in [1.54, 1.807) is 4.31 Å². The van der Waals surface area contributed by atoms with Crippen LogP contribution in [0.1, 0.15) is 60.9 Å².